The van der Waals surface area contributed by atoms with Gasteiger partial charge in [-0.3, -0.25) is 4.79 Å². The van der Waals surface area contributed by atoms with Gasteiger partial charge < -0.3 is 25.2 Å². The van der Waals surface area contributed by atoms with Crippen molar-refractivity contribution < 1.29 is 19.4 Å². The summed E-state index contributed by atoms with van der Waals surface area (Å²) in [4.78, 5) is 14.1. The van der Waals surface area contributed by atoms with Crippen LogP contribution in [-0.2, 0) is 4.74 Å². The zero-order valence-electron chi connectivity index (χ0n) is 11.7. The lowest BCUT2D eigenvalue weighted by Gasteiger charge is -2.34. The van der Waals surface area contributed by atoms with Crippen LogP contribution in [0.15, 0.2) is 18.2 Å². The van der Waals surface area contributed by atoms with Gasteiger partial charge in [0.05, 0.1) is 25.4 Å². The number of ether oxygens (including phenoxy) is 2. The van der Waals surface area contributed by atoms with Gasteiger partial charge >= 0.3 is 0 Å². The minimum Gasteiger partial charge on any atom is -0.507 e. The number of methoxy groups -OCH3 is 1. The first-order chi connectivity index (χ1) is 9.52. The Hall–Kier alpha value is -1.79. The van der Waals surface area contributed by atoms with E-state index in [1.54, 1.807) is 17.0 Å². The maximum absolute atomic E-state index is 12.4. The lowest BCUT2D eigenvalue weighted by atomic mass is 10.1. The van der Waals surface area contributed by atoms with E-state index in [9.17, 15) is 9.90 Å². The average Bonchev–Trinajstić information content (AvgIpc) is 2.46. The van der Waals surface area contributed by atoms with Crippen molar-refractivity contribution in [3.63, 3.8) is 0 Å². The molecule has 1 saturated heterocycles. The molecule has 1 fully saturated rings. The zero-order chi connectivity index (χ0) is 14.7. The van der Waals surface area contributed by atoms with Crippen LogP contribution in [0, 0.1) is 0 Å². The molecule has 6 nitrogen and oxygen atoms in total. The Balaban J connectivity index is 2.14. The number of aromatic hydroxyl groups is 1. The Morgan fingerprint density at radius 1 is 1.60 bits per heavy atom. The van der Waals surface area contributed by atoms with Crippen molar-refractivity contribution in [3.8, 4) is 11.5 Å². The van der Waals surface area contributed by atoms with E-state index in [-0.39, 0.29) is 29.4 Å². The molecule has 1 aromatic carbocycles. The summed E-state index contributed by atoms with van der Waals surface area (Å²) in [5, 5.41) is 9.92. The molecule has 1 amide bonds. The first-order valence-electron chi connectivity index (χ1n) is 6.56. The number of morpholine rings is 1. The molecule has 0 bridgehead atoms. The third-order valence-electron chi connectivity index (χ3n) is 3.40. The Labute approximate surface area is 118 Å². The van der Waals surface area contributed by atoms with Crippen LogP contribution in [0.4, 0.5) is 0 Å². The van der Waals surface area contributed by atoms with E-state index in [4.69, 9.17) is 15.2 Å². The largest absolute Gasteiger partial charge is 0.507 e. The van der Waals surface area contributed by atoms with E-state index in [1.807, 2.05) is 6.92 Å². The highest BCUT2D eigenvalue weighted by Gasteiger charge is 2.28. The number of rotatable bonds is 3. The molecule has 2 unspecified atom stereocenters. The van der Waals surface area contributed by atoms with E-state index >= 15 is 0 Å². The van der Waals surface area contributed by atoms with Crippen molar-refractivity contribution in [2.75, 3.05) is 26.8 Å². The molecule has 2 atom stereocenters. The number of carbonyl (C=O) groups excluding carboxylic acids is 1. The minimum atomic E-state index is -0.223. The van der Waals surface area contributed by atoms with E-state index in [0.717, 1.165) is 0 Å². The van der Waals surface area contributed by atoms with Gasteiger partial charge in [-0.1, -0.05) is 0 Å². The number of benzene rings is 1. The molecule has 1 heterocycles. The van der Waals surface area contributed by atoms with Crippen molar-refractivity contribution in [1.82, 2.24) is 4.90 Å². The summed E-state index contributed by atoms with van der Waals surface area (Å²) in [6.07, 6.45) is -0.173. The molecule has 0 aromatic heterocycles. The molecule has 0 aliphatic carbocycles. The Bertz CT molecular complexity index is 490. The first-order valence-corrected chi connectivity index (χ1v) is 6.56. The Morgan fingerprint density at radius 2 is 2.35 bits per heavy atom. The Kier molecular flexibility index (Phi) is 4.46. The quantitative estimate of drug-likeness (QED) is 0.846. The summed E-state index contributed by atoms with van der Waals surface area (Å²) >= 11 is 0. The van der Waals surface area contributed by atoms with Gasteiger partial charge in [-0.2, -0.15) is 0 Å². The van der Waals surface area contributed by atoms with E-state index < -0.39 is 0 Å². The van der Waals surface area contributed by atoms with Crippen molar-refractivity contribution in [3.05, 3.63) is 23.8 Å². The second-order valence-corrected chi connectivity index (χ2v) is 4.90. The summed E-state index contributed by atoms with van der Waals surface area (Å²) in [5.41, 5.74) is 6.07. The molecule has 110 valence electrons. The molecule has 0 spiro atoms. The number of hydrogen-bond donors (Lipinski definition) is 2. The van der Waals surface area contributed by atoms with Crippen molar-refractivity contribution in [2.24, 2.45) is 5.73 Å². The maximum Gasteiger partial charge on any atom is 0.257 e. The lowest BCUT2D eigenvalue weighted by molar-refractivity contribution is -0.0300. The maximum atomic E-state index is 12.4. The fourth-order valence-electron chi connectivity index (χ4n) is 2.17. The van der Waals surface area contributed by atoms with Crippen LogP contribution >= 0.6 is 0 Å². The van der Waals surface area contributed by atoms with Crippen LogP contribution < -0.4 is 10.5 Å². The lowest BCUT2D eigenvalue weighted by Crippen LogP contribution is -2.51. The van der Waals surface area contributed by atoms with Crippen molar-refractivity contribution in [1.29, 1.82) is 0 Å². The van der Waals surface area contributed by atoms with Crippen LogP contribution in [0.25, 0.3) is 0 Å². The van der Waals surface area contributed by atoms with Gasteiger partial charge in [-0.25, -0.2) is 0 Å². The molecule has 20 heavy (non-hydrogen) atoms. The molecule has 0 saturated carbocycles. The fourth-order valence-corrected chi connectivity index (χ4v) is 2.17. The highest BCUT2D eigenvalue weighted by Crippen LogP contribution is 2.25. The summed E-state index contributed by atoms with van der Waals surface area (Å²) in [7, 11) is 1.51. The fraction of sp³-hybridized carbons (Fsp3) is 0.500. The highest BCUT2D eigenvalue weighted by atomic mass is 16.5. The van der Waals surface area contributed by atoms with Gasteiger partial charge in [0.15, 0.2) is 0 Å². The monoisotopic (exact) mass is 280 g/mol. The number of phenolic OH excluding ortho intramolecular Hbond substituents is 1. The molecule has 6 heteroatoms. The van der Waals surface area contributed by atoms with Crippen LogP contribution in [-0.4, -0.2) is 54.9 Å². The van der Waals surface area contributed by atoms with Crippen molar-refractivity contribution >= 4 is 5.91 Å². The van der Waals surface area contributed by atoms with Gasteiger partial charge in [0.1, 0.15) is 11.5 Å². The van der Waals surface area contributed by atoms with Crippen LogP contribution in [0.5, 0.6) is 11.5 Å². The van der Waals surface area contributed by atoms with Gasteiger partial charge in [-0.15, -0.1) is 0 Å². The van der Waals surface area contributed by atoms with Crippen LogP contribution in [0.1, 0.15) is 17.3 Å². The molecule has 2 rings (SSSR count). The van der Waals surface area contributed by atoms with Gasteiger partial charge in [0, 0.05) is 25.2 Å². The number of hydrogen-bond acceptors (Lipinski definition) is 5. The highest BCUT2D eigenvalue weighted by molar-refractivity contribution is 5.97. The topological polar surface area (TPSA) is 85.0 Å². The second kappa shape index (κ2) is 6.11. The number of phenols is 1. The third kappa shape index (κ3) is 3.02. The van der Waals surface area contributed by atoms with Gasteiger partial charge in [0.2, 0.25) is 0 Å². The normalized spacial score (nSPS) is 20.6. The first kappa shape index (κ1) is 14.6. The number of nitrogens with two attached hydrogens (primary N) is 1. The summed E-state index contributed by atoms with van der Waals surface area (Å²) in [5.74, 6) is 0.201. The number of amides is 1. The SMILES string of the molecule is COc1ccc(C(=O)N2CCOC(C(C)N)C2)c(O)c1. The molecule has 1 aliphatic rings. The van der Waals surface area contributed by atoms with Crippen LogP contribution in [0.2, 0.25) is 0 Å². The number of carbonyl (C=O) groups is 1. The van der Waals surface area contributed by atoms with E-state index in [0.29, 0.717) is 25.4 Å². The molecular weight excluding hydrogens is 260 g/mol. The predicted octanol–water partition coefficient (Wildman–Crippen LogP) is 0.589. The standard InChI is InChI=1S/C14H20N2O4/c1-9(15)13-8-16(5-6-20-13)14(18)11-4-3-10(19-2)7-12(11)17/h3-4,7,9,13,17H,5-6,8,15H2,1-2H3. The molecule has 3 N–H and O–H groups in total. The minimum absolute atomic E-state index is 0.0850. The smallest absolute Gasteiger partial charge is 0.257 e. The summed E-state index contributed by atoms with van der Waals surface area (Å²) in [6, 6.07) is 4.50. The zero-order valence-corrected chi connectivity index (χ0v) is 11.7. The molecule has 1 aliphatic heterocycles. The second-order valence-electron chi connectivity index (χ2n) is 4.90. The summed E-state index contributed by atoms with van der Waals surface area (Å²) in [6.45, 7) is 3.23. The van der Waals surface area contributed by atoms with Gasteiger partial charge in [-0.05, 0) is 19.1 Å². The average molecular weight is 280 g/mol. The number of nitrogens with zero attached hydrogens (tertiary/aromatic N) is 1. The summed E-state index contributed by atoms with van der Waals surface area (Å²) < 4.78 is 10.5. The van der Waals surface area contributed by atoms with E-state index in [2.05, 4.69) is 0 Å². The van der Waals surface area contributed by atoms with Gasteiger partial charge in [0.25, 0.3) is 5.91 Å². The molecule has 0 radical (unpaired) electrons. The Morgan fingerprint density at radius 3 is 2.95 bits per heavy atom. The van der Waals surface area contributed by atoms with Crippen LogP contribution in [0.3, 0.4) is 0 Å². The molecular formula is C14H20N2O4. The third-order valence-corrected chi connectivity index (χ3v) is 3.40. The predicted molar refractivity (Wildman–Crippen MR) is 74.0 cm³/mol. The van der Waals surface area contributed by atoms with Crippen molar-refractivity contribution in [2.45, 2.75) is 19.1 Å². The molecule has 1 aromatic rings. The van der Waals surface area contributed by atoms with E-state index in [1.165, 1.54) is 13.2 Å².